The molecule has 5 heteroatoms. The molecule has 2 aromatic rings. The van der Waals surface area contributed by atoms with Crippen LogP contribution >= 0.6 is 15.9 Å². The summed E-state index contributed by atoms with van der Waals surface area (Å²) in [6, 6.07) is 14.9. The summed E-state index contributed by atoms with van der Waals surface area (Å²) in [4.78, 5) is 0.775. The fraction of sp³-hybridized carbons (Fsp3) is 0.200. The van der Waals surface area contributed by atoms with Crippen molar-refractivity contribution in [1.29, 1.82) is 0 Å². The lowest BCUT2D eigenvalue weighted by Crippen LogP contribution is -2.39. The topological polar surface area (TPSA) is 52.3 Å². The molecule has 1 heterocycles. The first-order valence-corrected chi connectivity index (χ1v) is 8.31. The lowest BCUT2D eigenvalue weighted by atomic mass is 10.0. The molecule has 0 spiro atoms. The lowest BCUT2D eigenvalue weighted by Gasteiger charge is -2.30. The second-order valence-electron chi connectivity index (χ2n) is 4.66. The van der Waals surface area contributed by atoms with Crippen LogP contribution in [0.4, 0.5) is 0 Å². The lowest BCUT2D eigenvalue weighted by molar-refractivity contribution is 0.273. The van der Waals surface area contributed by atoms with Crippen molar-refractivity contribution >= 4 is 26.7 Å². The quantitative estimate of drug-likeness (QED) is 0.904. The minimum Gasteiger partial charge on any atom is -0.492 e. The number of benzene rings is 2. The number of para-hydroxylation sites is 1. The van der Waals surface area contributed by atoms with E-state index in [1.54, 1.807) is 0 Å². The van der Waals surface area contributed by atoms with E-state index in [4.69, 9.17) is 10.5 Å². The monoisotopic (exact) mass is 351 g/mol. The molecule has 0 bridgehead atoms. The van der Waals surface area contributed by atoms with Crippen molar-refractivity contribution in [1.82, 2.24) is 0 Å². The van der Waals surface area contributed by atoms with E-state index >= 15 is 0 Å². The summed E-state index contributed by atoms with van der Waals surface area (Å²) >= 11 is 3.38. The summed E-state index contributed by atoms with van der Waals surface area (Å²) in [6.45, 7) is 0.376. The van der Waals surface area contributed by atoms with Crippen molar-refractivity contribution in [2.75, 3.05) is 6.61 Å². The second kappa shape index (κ2) is 5.68. The zero-order valence-electron chi connectivity index (χ0n) is 10.7. The third kappa shape index (κ3) is 2.53. The van der Waals surface area contributed by atoms with Crippen LogP contribution in [0, 0.1) is 0 Å². The molecule has 2 aromatic carbocycles. The summed E-state index contributed by atoms with van der Waals surface area (Å²) in [7, 11) is -1.19. The van der Waals surface area contributed by atoms with Crippen LogP contribution < -0.4 is 10.5 Å². The van der Waals surface area contributed by atoms with Gasteiger partial charge in [-0.25, -0.2) is 0 Å². The average Bonchev–Trinajstić information content (AvgIpc) is 2.48. The largest absolute Gasteiger partial charge is 0.492 e. The summed E-state index contributed by atoms with van der Waals surface area (Å²) in [5.41, 5.74) is 7.20. The Labute approximate surface area is 128 Å². The molecule has 104 valence electrons. The molecular formula is C15H14BrNO2S. The molecule has 3 nitrogen and oxygen atoms in total. The Morgan fingerprint density at radius 3 is 2.60 bits per heavy atom. The van der Waals surface area contributed by atoms with Gasteiger partial charge in [-0.3, -0.25) is 4.21 Å². The van der Waals surface area contributed by atoms with E-state index in [2.05, 4.69) is 15.9 Å². The van der Waals surface area contributed by atoms with Gasteiger partial charge in [-0.05, 0) is 30.3 Å². The van der Waals surface area contributed by atoms with Crippen molar-refractivity contribution in [2.24, 2.45) is 5.73 Å². The smallest absolute Gasteiger partial charge is 0.124 e. The molecule has 0 aliphatic carbocycles. The Kier molecular flexibility index (Phi) is 3.92. The van der Waals surface area contributed by atoms with Crippen LogP contribution in [0.25, 0.3) is 0 Å². The molecule has 0 saturated carbocycles. The third-order valence-corrected chi connectivity index (χ3v) is 5.65. The van der Waals surface area contributed by atoms with Gasteiger partial charge in [0.2, 0.25) is 0 Å². The number of hydrogen-bond donors (Lipinski definition) is 1. The van der Waals surface area contributed by atoms with E-state index in [-0.39, 0.29) is 11.3 Å². The van der Waals surface area contributed by atoms with Gasteiger partial charge in [0.25, 0.3) is 0 Å². The standard InChI is InChI=1S/C15H14BrNO2S/c16-10-5-7-11(8-6-10)20(18)14-9-19-13-4-2-1-3-12(13)15(14)17/h1-8,14-15H,9,17H2. The fourth-order valence-corrected chi connectivity index (χ4v) is 3.92. The van der Waals surface area contributed by atoms with Crippen LogP contribution in [-0.4, -0.2) is 16.1 Å². The molecule has 0 amide bonds. The molecule has 0 saturated heterocycles. The fourth-order valence-electron chi connectivity index (χ4n) is 2.30. The number of ether oxygens (including phenoxy) is 1. The Balaban J connectivity index is 1.89. The molecule has 0 aromatic heterocycles. The van der Waals surface area contributed by atoms with Gasteiger partial charge in [-0.1, -0.05) is 34.1 Å². The number of halogens is 1. The maximum Gasteiger partial charge on any atom is 0.124 e. The Hall–Kier alpha value is -1.17. The van der Waals surface area contributed by atoms with E-state index in [1.807, 2.05) is 48.5 Å². The average molecular weight is 352 g/mol. The SMILES string of the molecule is NC1c2ccccc2OCC1S(=O)c1ccc(Br)cc1. The van der Waals surface area contributed by atoms with Crippen LogP contribution in [0.3, 0.4) is 0 Å². The third-order valence-electron chi connectivity index (χ3n) is 3.40. The number of rotatable bonds is 2. The van der Waals surface area contributed by atoms with Crippen molar-refractivity contribution < 1.29 is 8.95 Å². The highest BCUT2D eigenvalue weighted by Crippen LogP contribution is 2.34. The van der Waals surface area contributed by atoms with E-state index in [1.165, 1.54) is 0 Å². The van der Waals surface area contributed by atoms with Gasteiger partial charge in [0, 0.05) is 14.9 Å². The van der Waals surface area contributed by atoms with Gasteiger partial charge in [-0.2, -0.15) is 0 Å². The molecular weight excluding hydrogens is 338 g/mol. The predicted octanol–water partition coefficient (Wildman–Crippen LogP) is 3.02. The number of hydrogen-bond acceptors (Lipinski definition) is 3. The molecule has 1 aliphatic rings. The van der Waals surface area contributed by atoms with Gasteiger partial charge < -0.3 is 10.5 Å². The van der Waals surface area contributed by atoms with Crippen LogP contribution in [0.5, 0.6) is 5.75 Å². The van der Waals surface area contributed by atoms with Crippen molar-refractivity contribution in [2.45, 2.75) is 16.2 Å². The van der Waals surface area contributed by atoms with Gasteiger partial charge in [-0.15, -0.1) is 0 Å². The normalized spacial score (nSPS) is 22.7. The highest BCUT2D eigenvalue weighted by molar-refractivity contribution is 9.10. The van der Waals surface area contributed by atoms with Crippen LogP contribution in [0.2, 0.25) is 0 Å². The summed E-state index contributed by atoms with van der Waals surface area (Å²) in [5, 5.41) is -0.230. The van der Waals surface area contributed by atoms with Gasteiger partial charge >= 0.3 is 0 Å². The predicted molar refractivity (Wildman–Crippen MR) is 83.2 cm³/mol. The van der Waals surface area contributed by atoms with Crippen LogP contribution in [-0.2, 0) is 10.8 Å². The zero-order chi connectivity index (χ0) is 14.1. The van der Waals surface area contributed by atoms with Gasteiger partial charge in [0.1, 0.15) is 12.4 Å². The Bertz CT molecular complexity index is 645. The molecule has 20 heavy (non-hydrogen) atoms. The van der Waals surface area contributed by atoms with E-state index in [0.717, 1.165) is 20.7 Å². The Morgan fingerprint density at radius 2 is 1.85 bits per heavy atom. The maximum absolute atomic E-state index is 12.7. The van der Waals surface area contributed by atoms with E-state index in [0.29, 0.717) is 6.61 Å². The molecule has 0 fully saturated rings. The first kappa shape index (κ1) is 13.8. The minimum absolute atomic E-state index is 0.230. The second-order valence-corrected chi connectivity index (χ2v) is 7.25. The Morgan fingerprint density at radius 1 is 1.15 bits per heavy atom. The first-order valence-electron chi connectivity index (χ1n) is 6.30. The molecule has 1 aliphatic heterocycles. The highest BCUT2D eigenvalue weighted by atomic mass is 79.9. The molecule has 3 atom stereocenters. The van der Waals surface area contributed by atoms with Crippen molar-refractivity contribution in [3.63, 3.8) is 0 Å². The van der Waals surface area contributed by atoms with Gasteiger partial charge in [0.15, 0.2) is 0 Å². The van der Waals surface area contributed by atoms with Gasteiger partial charge in [0.05, 0.1) is 22.1 Å². The van der Waals surface area contributed by atoms with Crippen molar-refractivity contribution in [3.05, 3.63) is 58.6 Å². The summed E-state index contributed by atoms with van der Waals surface area (Å²) < 4.78 is 19.3. The summed E-state index contributed by atoms with van der Waals surface area (Å²) in [6.07, 6.45) is 0. The molecule has 3 unspecified atom stereocenters. The minimum atomic E-state index is -1.19. The zero-order valence-corrected chi connectivity index (χ0v) is 13.1. The number of fused-ring (bicyclic) bond motifs is 1. The summed E-state index contributed by atoms with van der Waals surface area (Å²) in [5.74, 6) is 0.795. The van der Waals surface area contributed by atoms with E-state index in [9.17, 15) is 4.21 Å². The van der Waals surface area contributed by atoms with E-state index < -0.39 is 10.8 Å². The first-order chi connectivity index (χ1) is 9.66. The van der Waals surface area contributed by atoms with Crippen LogP contribution in [0.15, 0.2) is 57.9 Å². The molecule has 2 N–H and O–H groups in total. The number of nitrogens with two attached hydrogens (primary N) is 1. The maximum atomic E-state index is 12.7. The highest BCUT2D eigenvalue weighted by Gasteiger charge is 2.32. The molecule has 3 rings (SSSR count). The van der Waals surface area contributed by atoms with Crippen molar-refractivity contribution in [3.8, 4) is 5.75 Å². The van der Waals surface area contributed by atoms with Crippen LogP contribution in [0.1, 0.15) is 11.6 Å². The molecule has 0 radical (unpaired) electrons.